The normalized spacial score (nSPS) is 10.4. The van der Waals surface area contributed by atoms with Crippen LogP contribution in [0.15, 0.2) is 65.1 Å². The van der Waals surface area contributed by atoms with E-state index in [4.69, 9.17) is 18.9 Å². The van der Waals surface area contributed by atoms with E-state index < -0.39 is 0 Å². The van der Waals surface area contributed by atoms with Crippen LogP contribution in [-0.2, 0) is 13.2 Å². The van der Waals surface area contributed by atoms with Crippen molar-refractivity contribution in [1.82, 2.24) is 0 Å². The second-order valence-corrected chi connectivity index (χ2v) is 7.51. The van der Waals surface area contributed by atoms with Gasteiger partial charge in [-0.05, 0) is 65.2 Å². The summed E-state index contributed by atoms with van der Waals surface area (Å²) < 4.78 is 24.1. The summed E-state index contributed by atoms with van der Waals surface area (Å²) in [6.07, 6.45) is 0.777. The Labute approximate surface area is 191 Å². The predicted molar refractivity (Wildman–Crippen MR) is 123 cm³/mol. The lowest BCUT2D eigenvalue weighted by Crippen LogP contribution is -2.03. The second-order valence-electron chi connectivity index (χ2n) is 6.66. The van der Waals surface area contributed by atoms with E-state index in [0.717, 1.165) is 17.4 Å². The first-order valence-electron chi connectivity index (χ1n) is 10.1. The standard InChI is InChI=1S/C25H25BrO5/c1-3-28-23-13-19(10-11-22(23)30-16-18-8-6-5-7-9-18)17-31-25-21(26)12-20(15-27)14-24(25)29-4-2/h5-15H,3-4,16-17H2,1-2H3. The molecule has 3 aromatic rings. The van der Waals surface area contributed by atoms with E-state index in [2.05, 4.69) is 15.9 Å². The van der Waals surface area contributed by atoms with Gasteiger partial charge in [0.15, 0.2) is 23.0 Å². The van der Waals surface area contributed by atoms with Gasteiger partial charge < -0.3 is 18.9 Å². The van der Waals surface area contributed by atoms with E-state index in [1.807, 2.05) is 62.4 Å². The first-order chi connectivity index (χ1) is 15.1. The van der Waals surface area contributed by atoms with Crippen LogP contribution in [0.3, 0.4) is 0 Å². The zero-order chi connectivity index (χ0) is 22.1. The first kappa shape index (κ1) is 22.7. The summed E-state index contributed by atoms with van der Waals surface area (Å²) in [4.78, 5) is 11.1. The summed E-state index contributed by atoms with van der Waals surface area (Å²) in [5, 5.41) is 0. The molecule has 3 aromatic carbocycles. The Kier molecular flexibility index (Phi) is 8.35. The van der Waals surface area contributed by atoms with Gasteiger partial charge in [0.25, 0.3) is 0 Å². The molecule has 0 fully saturated rings. The molecule has 0 aliphatic carbocycles. The number of carbonyl (C=O) groups excluding carboxylic acids is 1. The minimum atomic E-state index is 0.304. The maximum absolute atomic E-state index is 11.1. The highest BCUT2D eigenvalue weighted by Crippen LogP contribution is 2.37. The molecule has 162 valence electrons. The van der Waals surface area contributed by atoms with Gasteiger partial charge in [-0.3, -0.25) is 4.79 Å². The fourth-order valence-electron chi connectivity index (χ4n) is 2.98. The monoisotopic (exact) mass is 484 g/mol. The van der Waals surface area contributed by atoms with Gasteiger partial charge in [-0.15, -0.1) is 0 Å². The summed E-state index contributed by atoms with van der Waals surface area (Å²) in [5.41, 5.74) is 2.52. The summed E-state index contributed by atoms with van der Waals surface area (Å²) in [7, 11) is 0. The molecule has 5 nitrogen and oxygen atoms in total. The third-order valence-corrected chi connectivity index (χ3v) is 4.99. The Morgan fingerprint density at radius 3 is 2.16 bits per heavy atom. The van der Waals surface area contributed by atoms with Crippen molar-refractivity contribution in [2.75, 3.05) is 13.2 Å². The molecule has 3 rings (SSSR count). The lowest BCUT2D eigenvalue weighted by Gasteiger charge is -2.16. The van der Waals surface area contributed by atoms with Gasteiger partial charge >= 0.3 is 0 Å². The van der Waals surface area contributed by atoms with Gasteiger partial charge in [0.1, 0.15) is 19.5 Å². The molecule has 0 aliphatic heterocycles. The number of rotatable bonds is 11. The molecule has 0 atom stereocenters. The Bertz CT molecular complexity index is 1000. The molecule has 0 amide bonds. The fourth-order valence-corrected chi connectivity index (χ4v) is 3.55. The van der Waals surface area contributed by atoms with Crippen LogP contribution >= 0.6 is 15.9 Å². The van der Waals surface area contributed by atoms with Crippen LogP contribution in [0, 0.1) is 0 Å². The molecule has 0 saturated heterocycles. The smallest absolute Gasteiger partial charge is 0.175 e. The summed E-state index contributed by atoms with van der Waals surface area (Å²) in [5.74, 6) is 2.42. The molecular weight excluding hydrogens is 460 g/mol. The van der Waals surface area contributed by atoms with Crippen LogP contribution in [0.1, 0.15) is 35.3 Å². The van der Waals surface area contributed by atoms with E-state index in [0.29, 0.717) is 59.5 Å². The number of hydrogen-bond acceptors (Lipinski definition) is 5. The van der Waals surface area contributed by atoms with Gasteiger partial charge in [0, 0.05) is 5.56 Å². The molecule has 0 aliphatic rings. The molecule has 0 spiro atoms. The van der Waals surface area contributed by atoms with Crippen LogP contribution in [-0.4, -0.2) is 19.5 Å². The Morgan fingerprint density at radius 1 is 0.742 bits per heavy atom. The highest BCUT2D eigenvalue weighted by Gasteiger charge is 2.14. The predicted octanol–water partition coefficient (Wildman–Crippen LogP) is 6.22. The van der Waals surface area contributed by atoms with Crippen molar-refractivity contribution < 1.29 is 23.7 Å². The van der Waals surface area contributed by atoms with Gasteiger partial charge in [0.2, 0.25) is 0 Å². The number of benzene rings is 3. The number of carbonyl (C=O) groups is 1. The summed E-state index contributed by atoms with van der Waals surface area (Å²) >= 11 is 3.47. The number of hydrogen-bond donors (Lipinski definition) is 0. The zero-order valence-corrected chi connectivity index (χ0v) is 19.2. The summed E-state index contributed by atoms with van der Waals surface area (Å²) in [6, 6.07) is 19.1. The quantitative estimate of drug-likeness (QED) is 0.302. The Hall–Kier alpha value is -2.99. The second kappa shape index (κ2) is 11.4. The van der Waals surface area contributed by atoms with Crippen molar-refractivity contribution in [3.05, 3.63) is 81.8 Å². The fraction of sp³-hybridized carbons (Fsp3) is 0.240. The average Bonchev–Trinajstić information content (AvgIpc) is 2.79. The molecule has 0 saturated carbocycles. The van der Waals surface area contributed by atoms with E-state index in [1.165, 1.54) is 0 Å². The molecule has 0 aromatic heterocycles. The molecule has 31 heavy (non-hydrogen) atoms. The molecule has 0 radical (unpaired) electrons. The highest BCUT2D eigenvalue weighted by atomic mass is 79.9. The van der Waals surface area contributed by atoms with Crippen molar-refractivity contribution in [1.29, 1.82) is 0 Å². The number of aldehydes is 1. The third-order valence-electron chi connectivity index (χ3n) is 4.40. The van der Waals surface area contributed by atoms with Crippen LogP contribution in [0.5, 0.6) is 23.0 Å². The summed E-state index contributed by atoms with van der Waals surface area (Å²) in [6.45, 7) is 5.58. The van der Waals surface area contributed by atoms with Crippen LogP contribution < -0.4 is 18.9 Å². The number of halogens is 1. The van der Waals surface area contributed by atoms with Crippen molar-refractivity contribution in [2.24, 2.45) is 0 Å². The van der Waals surface area contributed by atoms with Gasteiger partial charge in [-0.25, -0.2) is 0 Å². The van der Waals surface area contributed by atoms with E-state index in [1.54, 1.807) is 12.1 Å². The molecule has 0 unspecified atom stereocenters. The molecular formula is C25H25BrO5. The molecule has 6 heteroatoms. The highest BCUT2D eigenvalue weighted by molar-refractivity contribution is 9.10. The van der Waals surface area contributed by atoms with Gasteiger partial charge in [-0.1, -0.05) is 36.4 Å². The Balaban J connectivity index is 1.75. The van der Waals surface area contributed by atoms with Crippen molar-refractivity contribution in [3.8, 4) is 23.0 Å². The van der Waals surface area contributed by atoms with E-state index in [-0.39, 0.29) is 0 Å². The molecule has 0 bridgehead atoms. The first-order valence-corrected chi connectivity index (χ1v) is 10.9. The van der Waals surface area contributed by atoms with Crippen LogP contribution in [0.2, 0.25) is 0 Å². The third kappa shape index (κ3) is 6.25. The van der Waals surface area contributed by atoms with Crippen LogP contribution in [0.25, 0.3) is 0 Å². The maximum Gasteiger partial charge on any atom is 0.175 e. The van der Waals surface area contributed by atoms with E-state index in [9.17, 15) is 4.79 Å². The SMILES string of the molecule is CCOc1cc(COc2c(Br)cc(C=O)cc2OCC)ccc1OCc1ccccc1. The topological polar surface area (TPSA) is 54.0 Å². The minimum Gasteiger partial charge on any atom is -0.490 e. The van der Waals surface area contributed by atoms with Gasteiger partial charge in [0.05, 0.1) is 17.7 Å². The van der Waals surface area contributed by atoms with Crippen molar-refractivity contribution >= 4 is 22.2 Å². The molecule has 0 N–H and O–H groups in total. The largest absolute Gasteiger partial charge is 0.490 e. The number of ether oxygens (including phenoxy) is 4. The van der Waals surface area contributed by atoms with Crippen LogP contribution in [0.4, 0.5) is 0 Å². The minimum absolute atomic E-state index is 0.304. The maximum atomic E-state index is 11.1. The van der Waals surface area contributed by atoms with Crippen molar-refractivity contribution in [2.45, 2.75) is 27.1 Å². The molecule has 0 heterocycles. The average molecular weight is 485 g/mol. The van der Waals surface area contributed by atoms with Crippen molar-refractivity contribution in [3.63, 3.8) is 0 Å². The van der Waals surface area contributed by atoms with E-state index >= 15 is 0 Å². The zero-order valence-electron chi connectivity index (χ0n) is 17.6. The lowest BCUT2D eigenvalue weighted by atomic mass is 10.2. The Morgan fingerprint density at radius 2 is 1.45 bits per heavy atom. The lowest BCUT2D eigenvalue weighted by molar-refractivity contribution is 0.112. The van der Waals surface area contributed by atoms with Gasteiger partial charge in [-0.2, -0.15) is 0 Å².